The SMILES string of the molecule is CCCC[C@H](C)[C@@H]1CC(=O)N[C@@H](Cc2ccccc2)C(=O)N[C@@H](C)C(=O)NC(C(C)C)C(=O)O1. The van der Waals surface area contributed by atoms with Crippen molar-refractivity contribution >= 4 is 23.7 Å². The van der Waals surface area contributed by atoms with E-state index in [-0.39, 0.29) is 30.6 Å². The molecule has 1 unspecified atom stereocenters. The topological polar surface area (TPSA) is 114 Å². The van der Waals surface area contributed by atoms with E-state index >= 15 is 0 Å². The molecule has 1 aromatic rings. The number of unbranched alkanes of at least 4 members (excludes halogenated alkanes) is 1. The lowest BCUT2D eigenvalue weighted by molar-refractivity contribution is -0.158. The first kappa shape index (κ1) is 27.3. The lowest BCUT2D eigenvalue weighted by Crippen LogP contribution is -2.55. The molecule has 0 saturated carbocycles. The van der Waals surface area contributed by atoms with E-state index in [9.17, 15) is 19.2 Å². The van der Waals surface area contributed by atoms with Crippen molar-refractivity contribution in [3.8, 4) is 0 Å². The van der Waals surface area contributed by atoms with E-state index in [4.69, 9.17) is 4.74 Å². The molecule has 34 heavy (non-hydrogen) atoms. The molecule has 1 heterocycles. The molecule has 1 fully saturated rings. The van der Waals surface area contributed by atoms with E-state index in [2.05, 4.69) is 22.9 Å². The highest BCUT2D eigenvalue weighted by Gasteiger charge is 2.34. The third-order valence-electron chi connectivity index (χ3n) is 6.21. The summed E-state index contributed by atoms with van der Waals surface area (Å²) in [5.41, 5.74) is 0.878. The van der Waals surface area contributed by atoms with Crippen LogP contribution in [0.1, 0.15) is 65.9 Å². The summed E-state index contributed by atoms with van der Waals surface area (Å²) >= 11 is 0. The molecular weight excluding hydrogens is 434 g/mol. The van der Waals surface area contributed by atoms with Gasteiger partial charge in [0.2, 0.25) is 17.7 Å². The maximum Gasteiger partial charge on any atom is 0.329 e. The first-order valence-electron chi connectivity index (χ1n) is 12.3. The number of nitrogens with one attached hydrogen (secondary N) is 3. The second-order valence-electron chi connectivity index (χ2n) is 9.57. The normalized spacial score (nSPS) is 25.7. The molecular formula is C26H39N3O5. The van der Waals surface area contributed by atoms with Crippen LogP contribution in [0.3, 0.4) is 0 Å². The maximum atomic E-state index is 13.1. The van der Waals surface area contributed by atoms with Gasteiger partial charge in [-0.25, -0.2) is 4.79 Å². The molecule has 3 N–H and O–H groups in total. The smallest absolute Gasteiger partial charge is 0.329 e. The molecule has 5 atom stereocenters. The van der Waals surface area contributed by atoms with Crippen LogP contribution >= 0.6 is 0 Å². The molecule has 0 radical (unpaired) electrons. The van der Waals surface area contributed by atoms with E-state index < -0.39 is 42.0 Å². The summed E-state index contributed by atoms with van der Waals surface area (Å²) in [5.74, 6) is -2.15. The standard InChI is InChI=1S/C26H39N3O5/c1-6-7-11-17(4)21-15-22(30)28-20(14-19-12-9-8-10-13-19)25(32)27-18(5)24(31)29-23(16(2)3)26(33)34-21/h8-10,12-13,16-18,20-21,23H,6-7,11,14-15H2,1-5H3,(H,27,32)(H,28,30)(H,29,31)/t17-,18-,20-,21-,23?/m0/s1. The van der Waals surface area contributed by atoms with Crippen molar-refractivity contribution in [2.75, 3.05) is 0 Å². The van der Waals surface area contributed by atoms with Crippen molar-refractivity contribution in [3.63, 3.8) is 0 Å². The monoisotopic (exact) mass is 473 g/mol. The second-order valence-corrected chi connectivity index (χ2v) is 9.57. The third-order valence-corrected chi connectivity index (χ3v) is 6.21. The number of ether oxygens (including phenoxy) is 1. The van der Waals surface area contributed by atoms with Gasteiger partial charge in [0.05, 0.1) is 6.42 Å². The lowest BCUT2D eigenvalue weighted by atomic mass is 9.94. The van der Waals surface area contributed by atoms with Gasteiger partial charge >= 0.3 is 5.97 Å². The highest BCUT2D eigenvalue weighted by Crippen LogP contribution is 2.20. The summed E-state index contributed by atoms with van der Waals surface area (Å²) in [4.78, 5) is 51.9. The van der Waals surface area contributed by atoms with Crippen molar-refractivity contribution in [2.45, 2.75) is 91.0 Å². The van der Waals surface area contributed by atoms with Gasteiger partial charge in [0.25, 0.3) is 0 Å². The zero-order chi connectivity index (χ0) is 25.3. The van der Waals surface area contributed by atoms with Gasteiger partial charge in [-0.1, -0.05) is 70.9 Å². The fraction of sp³-hybridized carbons (Fsp3) is 0.615. The van der Waals surface area contributed by atoms with E-state index in [0.29, 0.717) is 0 Å². The number of hydrogen-bond acceptors (Lipinski definition) is 5. The van der Waals surface area contributed by atoms with Crippen LogP contribution in [0.15, 0.2) is 30.3 Å². The number of rotatable bonds is 7. The van der Waals surface area contributed by atoms with Gasteiger partial charge in [0.15, 0.2) is 0 Å². The minimum Gasteiger partial charge on any atom is -0.460 e. The van der Waals surface area contributed by atoms with Gasteiger partial charge in [-0.2, -0.15) is 0 Å². The first-order valence-corrected chi connectivity index (χ1v) is 12.3. The first-order chi connectivity index (χ1) is 16.1. The van der Waals surface area contributed by atoms with Crippen molar-refractivity contribution in [2.24, 2.45) is 11.8 Å². The number of carbonyl (C=O) groups excluding carboxylic acids is 4. The predicted octanol–water partition coefficient (Wildman–Crippen LogP) is 2.50. The summed E-state index contributed by atoms with van der Waals surface area (Å²) < 4.78 is 5.81. The Morgan fingerprint density at radius 2 is 1.65 bits per heavy atom. The van der Waals surface area contributed by atoms with Gasteiger partial charge in [0.1, 0.15) is 24.2 Å². The Morgan fingerprint density at radius 1 is 0.971 bits per heavy atom. The molecule has 1 aliphatic rings. The number of cyclic esters (lactones) is 1. The summed E-state index contributed by atoms with van der Waals surface area (Å²) in [5, 5.41) is 8.20. The van der Waals surface area contributed by atoms with Crippen molar-refractivity contribution in [1.82, 2.24) is 16.0 Å². The van der Waals surface area contributed by atoms with E-state index in [1.54, 1.807) is 6.92 Å². The van der Waals surface area contributed by atoms with Crippen LogP contribution in [0, 0.1) is 11.8 Å². The Bertz CT molecular complexity index is 842. The van der Waals surface area contributed by atoms with Crippen LogP contribution in [0.4, 0.5) is 0 Å². The molecule has 188 valence electrons. The molecule has 0 spiro atoms. The minimum absolute atomic E-state index is 0.0521. The van der Waals surface area contributed by atoms with E-state index in [0.717, 1.165) is 24.8 Å². The van der Waals surface area contributed by atoms with Crippen molar-refractivity contribution in [3.05, 3.63) is 35.9 Å². The number of carbonyl (C=O) groups is 4. The summed E-state index contributed by atoms with van der Waals surface area (Å²) in [6.07, 6.45) is 2.29. The second kappa shape index (κ2) is 13.1. The lowest BCUT2D eigenvalue weighted by Gasteiger charge is -2.28. The number of amides is 3. The largest absolute Gasteiger partial charge is 0.460 e. The quantitative estimate of drug-likeness (QED) is 0.527. The van der Waals surface area contributed by atoms with Crippen LogP contribution in [0.2, 0.25) is 0 Å². The average molecular weight is 474 g/mol. The molecule has 1 aromatic carbocycles. The maximum absolute atomic E-state index is 13.1. The Balaban J connectivity index is 2.35. The van der Waals surface area contributed by atoms with Gasteiger partial charge in [-0.05, 0) is 30.7 Å². The number of esters is 1. The van der Waals surface area contributed by atoms with Crippen LogP contribution in [0.25, 0.3) is 0 Å². The molecule has 0 bridgehead atoms. The van der Waals surface area contributed by atoms with Gasteiger partial charge in [-0.15, -0.1) is 0 Å². The Morgan fingerprint density at radius 3 is 2.26 bits per heavy atom. The highest BCUT2D eigenvalue weighted by molar-refractivity contribution is 5.94. The van der Waals surface area contributed by atoms with Crippen molar-refractivity contribution < 1.29 is 23.9 Å². The molecule has 0 aliphatic carbocycles. The Kier molecular flexibility index (Phi) is 10.5. The molecule has 2 rings (SSSR count). The van der Waals surface area contributed by atoms with Crippen molar-refractivity contribution in [1.29, 1.82) is 0 Å². The van der Waals surface area contributed by atoms with Crippen LogP contribution in [-0.4, -0.2) is 47.9 Å². The summed E-state index contributed by atoms with van der Waals surface area (Å²) in [7, 11) is 0. The molecule has 1 aliphatic heterocycles. The van der Waals surface area contributed by atoms with Crippen LogP contribution < -0.4 is 16.0 Å². The number of benzene rings is 1. The molecule has 3 amide bonds. The molecule has 8 nitrogen and oxygen atoms in total. The van der Waals surface area contributed by atoms with Gasteiger partial charge in [0, 0.05) is 6.42 Å². The molecule has 1 saturated heterocycles. The zero-order valence-corrected chi connectivity index (χ0v) is 20.9. The van der Waals surface area contributed by atoms with E-state index in [1.165, 1.54) is 0 Å². The average Bonchev–Trinajstić information content (AvgIpc) is 2.79. The third kappa shape index (κ3) is 8.15. The minimum atomic E-state index is -0.892. The predicted molar refractivity (Wildman–Crippen MR) is 130 cm³/mol. The summed E-state index contributed by atoms with van der Waals surface area (Å²) in [6.45, 7) is 9.20. The Hall–Kier alpha value is -2.90. The number of hydrogen-bond donors (Lipinski definition) is 3. The fourth-order valence-corrected chi connectivity index (χ4v) is 3.94. The van der Waals surface area contributed by atoms with Crippen LogP contribution in [0.5, 0.6) is 0 Å². The fourth-order valence-electron chi connectivity index (χ4n) is 3.94. The molecule has 8 heteroatoms. The van der Waals surface area contributed by atoms with Gasteiger partial charge < -0.3 is 20.7 Å². The van der Waals surface area contributed by atoms with Crippen LogP contribution in [-0.2, 0) is 30.3 Å². The summed E-state index contributed by atoms with van der Waals surface area (Å²) in [6, 6.07) is 6.72. The molecule has 0 aromatic heterocycles. The van der Waals surface area contributed by atoms with Gasteiger partial charge in [-0.3, -0.25) is 14.4 Å². The zero-order valence-electron chi connectivity index (χ0n) is 20.9. The highest BCUT2D eigenvalue weighted by atomic mass is 16.5. The van der Waals surface area contributed by atoms with E-state index in [1.807, 2.05) is 51.1 Å². The Labute approximate surface area is 202 Å².